The summed E-state index contributed by atoms with van der Waals surface area (Å²) in [5.41, 5.74) is 7.49. The van der Waals surface area contributed by atoms with Crippen molar-refractivity contribution >= 4 is 33.4 Å². The van der Waals surface area contributed by atoms with Crippen LogP contribution in [0.3, 0.4) is 0 Å². The summed E-state index contributed by atoms with van der Waals surface area (Å²) in [5.74, 6) is -0.742. The molecule has 3 aromatic rings. The normalized spacial score (nSPS) is 11.2. The molecule has 1 aromatic heterocycles. The van der Waals surface area contributed by atoms with Crippen LogP contribution in [-0.4, -0.2) is 48.0 Å². The fourth-order valence-electron chi connectivity index (χ4n) is 2.69. The van der Waals surface area contributed by atoms with E-state index >= 15 is 0 Å². The van der Waals surface area contributed by atoms with Gasteiger partial charge in [0.15, 0.2) is 0 Å². The van der Waals surface area contributed by atoms with Gasteiger partial charge in [-0.2, -0.15) is 21.1 Å². The van der Waals surface area contributed by atoms with E-state index in [1.165, 1.54) is 12.1 Å². The fraction of sp³-hybridized carbons (Fsp3) is 0.0870. The van der Waals surface area contributed by atoms with Crippen molar-refractivity contribution in [2.45, 2.75) is 13.8 Å². The van der Waals surface area contributed by atoms with Crippen LogP contribution in [0.5, 0.6) is 11.5 Å². The second kappa shape index (κ2) is 13.1. The van der Waals surface area contributed by atoms with E-state index in [1.807, 2.05) is 0 Å². The summed E-state index contributed by atoms with van der Waals surface area (Å²) in [6.45, 7) is 3.42. The third kappa shape index (κ3) is 7.13. The Morgan fingerprint density at radius 1 is 0.735 bits per heavy atom. The molecule has 0 saturated heterocycles. The molecule has 0 fully saturated rings. The maximum atomic E-state index is 10.1. The van der Waals surface area contributed by atoms with Crippen LogP contribution in [0, 0.1) is 0 Å². The second-order valence-electron chi connectivity index (χ2n) is 6.76. The number of rotatable bonds is 6. The third-order valence-corrected chi connectivity index (χ3v) is 4.47. The number of nitrogens with one attached hydrogen (secondary N) is 2. The van der Waals surface area contributed by atoms with Gasteiger partial charge in [-0.1, -0.05) is 30.3 Å². The Kier molecular flexibility index (Phi) is 10.2. The Labute approximate surface area is 208 Å². The van der Waals surface area contributed by atoms with Gasteiger partial charge in [-0.15, -0.1) is 0 Å². The van der Waals surface area contributed by atoms with Crippen LogP contribution in [0.1, 0.15) is 36.4 Å². The predicted octanol–water partition coefficient (Wildman–Crippen LogP) is 2.91. The number of aromatic hydroxyl groups is 2. The monoisotopic (exact) mass is 526 g/mol. The van der Waals surface area contributed by atoms with Gasteiger partial charge in [-0.05, 0) is 50.2 Å². The van der Waals surface area contributed by atoms with Crippen molar-refractivity contribution in [1.29, 1.82) is 0 Å². The van der Waals surface area contributed by atoms with Crippen molar-refractivity contribution in [3.8, 4) is 11.5 Å². The van der Waals surface area contributed by atoms with Crippen LogP contribution in [0.2, 0.25) is 0 Å². The number of pyridine rings is 1. The zero-order valence-corrected chi connectivity index (χ0v) is 19.9. The summed E-state index contributed by atoms with van der Waals surface area (Å²) in [6, 6.07) is 17.9. The first kappa shape index (κ1) is 26.5. The van der Waals surface area contributed by atoms with E-state index in [9.17, 15) is 19.8 Å². The van der Waals surface area contributed by atoms with Gasteiger partial charge in [0.2, 0.25) is 0 Å². The Bertz CT molecular complexity index is 1140. The number of hydrogen-bond donors (Lipinski definition) is 4. The average molecular weight is 528 g/mol. The first-order valence-electron chi connectivity index (χ1n) is 9.75. The van der Waals surface area contributed by atoms with Crippen molar-refractivity contribution in [2.24, 2.45) is 10.2 Å². The molecule has 0 bridgehead atoms. The van der Waals surface area contributed by atoms with Crippen LogP contribution in [0.15, 0.2) is 76.9 Å². The van der Waals surface area contributed by atoms with Gasteiger partial charge in [0, 0.05) is 0 Å². The number of nitrogens with zero attached hydrogens (tertiary/aromatic N) is 3. The van der Waals surface area contributed by atoms with Crippen LogP contribution in [0.25, 0.3) is 0 Å². The first-order chi connectivity index (χ1) is 16.4. The Hall–Kier alpha value is -3.75. The minimum absolute atomic E-state index is 0.0753. The zero-order valence-electron chi connectivity index (χ0n) is 18.2. The molecule has 179 valence electrons. The van der Waals surface area contributed by atoms with Gasteiger partial charge >= 0.3 is 36.6 Å². The number of benzene rings is 2. The molecule has 2 amide bonds. The van der Waals surface area contributed by atoms with Gasteiger partial charge in [0.05, 0.1) is 22.8 Å². The van der Waals surface area contributed by atoms with Crippen LogP contribution < -0.4 is 10.9 Å². The van der Waals surface area contributed by atoms with Gasteiger partial charge in [-0.25, -0.2) is 4.98 Å². The summed E-state index contributed by atoms with van der Waals surface area (Å²) in [4.78, 5) is 24.7. The molecule has 0 atom stereocenters. The summed E-state index contributed by atoms with van der Waals surface area (Å²) < 4.78 is 0. The molecule has 3 rings (SSSR count). The van der Waals surface area contributed by atoms with Crippen LogP contribution in [0.4, 0.5) is 0 Å². The van der Waals surface area contributed by atoms with E-state index in [1.54, 1.807) is 68.4 Å². The number of amides is 2. The molecule has 0 aliphatic carbocycles. The van der Waals surface area contributed by atoms with Crippen molar-refractivity contribution < 1.29 is 34.4 Å². The van der Waals surface area contributed by atoms with Crippen molar-refractivity contribution in [3.05, 3.63) is 89.2 Å². The molecule has 0 aliphatic rings. The quantitative estimate of drug-likeness (QED) is 0.169. The van der Waals surface area contributed by atoms with E-state index in [0.717, 1.165) is 0 Å². The van der Waals surface area contributed by atoms with Crippen LogP contribution in [-0.2, 0) is 14.6 Å². The van der Waals surface area contributed by atoms with Crippen molar-refractivity contribution in [3.63, 3.8) is 0 Å². The summed E-state index contributed by atoms with van der Waals surface area (Å²) in [6.07, 6.45) is 0. The number of aromatic nitrogens is 1. The third-order valence-electron chi connectivity index (χ3n) is 4.47. The zero-order chi connectivity index (χ0) is 25.1. The molecule has 1 heterocycles. The van der Waals surface area contributed by atoms with Gasteiger partial charge in [0.25, 0.3) is 0 Å². The molecule has 11 heteroatoms. The molecular weight excluding hydrogens is 504 g/mol. The molecule has 0 aliphatic heterocycles. The van der Waals surface area contributed by atoms with Gasteiger partial charge < -0.3 is 10.2 Å². The Morgan fingerprint density at radius 3 is 1.50 bits per heavy atom. The first-order valence-corrected chi connectivity index (χ1v) is 11.1. The van der Waals surface area contributed by atoms with Gasteiger partial charge in [-0.3, -0.25) is 9.59 Å². The van der Waals surface area contributed by atoms with Crippen molar-refractivity contribution in [1.82, 2.24) is 15.8 Å². The Morgan fingerprint density at radius 2 is 1.12 bits per heavy atom. The van der Waals surface area contributed by atoms with E-state index in [4.69, 9.17) is 0 Å². The number of carbonyl (C=O) groups excluding carboxylic acids is 2. The molecule has 2 aromatic carbocycles. The van der Waals surface area contributed by atoms with E-state index in [2.05, 4.69) is 50.8 Å². The molecule has 34 heavy (non-hydrogen) atoms. The second-order valence-corrected chi connectivity index (χ2v) is 6.76. The Balaban J connectivity index is 0.00000199. The molecule has 0 spiro atoms. The number of phenols is 2. The minimum atomic E-state index is -0.296. The molecular formula is C23H23ClN5NiO4+2. The standard InChI is InChI=1S/C23H21N5O4.ClH.Ni/c1-14(25-27-22(31)16-8-3-5-12-20(16)29)18-10-7-11-19(24-18)15(2)26-28-23(32)17-9-4-6-13-21(17)30;;/h3-13,29-30H,1-2H3,(H,27,31)(H,28,32);1H;/q;;+1/p+1. The maximum absolute atomic E-state index is 10.1. The fourth-order valence-corrected chi connectivity index (χ4v) is 2.69. The van der Waals surface area contributed by atoms with Crippen molar-refractivity contribution in [2.75, 3.05) is 0 Å². The van der Waals surface area contributed by atoms with E-state index in [0.29, 0.717) is 22.8 Å². The SMILES string of the molecule is CC(=NNC(=[OH+])c1ccccc1O)c1cccc(C(C)=NNC(=[OH+])c2ccccc2O)n1.[Cl][Ni]. The molecule has 0 saturated carbocycles. The number of hydrazone groups is 2. The molecule has 0 unspecified atom stereocenters. The molecule has 9 nitrogen and oxygen atoms in total. The topological polar surface area (TPSA) is 145 Å². The van der Waals surface area contributed by atoms with E-state index < -0.39 is 0 Å². The van der Waals surface area contributed by atoms with Gasteiger partial charge in [0.1, 0.15) is 22.6 Å². The number of para-hydroxylation sites is 2. The number of halogens is 1. The number of phenolic OH excluding ortho intramolecular Hbond substituents is 2. The molecule has 0 radical (unpaired) electrons. The summed E-state index contributed by atoms with van der Waals surface area (Å²) in [7, 11) is 4.26. The average Bonchev–Trinajstić information content (AvgIpc) is 2.87. The van der Waals surface area contributed by atoms with Crippen LogP contribution >= 0.6 is 10.2 Å². The number of hydrogen-bond acceptors (Lipinski definition) is 5. The predicted molar refractivity (Wildman–Crippen MR) is 129 cm³/mol. The van der Waals surface area contributed by atoms with E-state index in [-0.39, 0.29) is 34.4 Å². The molecule has 6 N–H and O–H groups in total. The summed E-state index contributed by atoms with van der Waals surface area (Å²) in [5, 5.41) is 27.8. The summed E-state index contributed by atoms with van der Waals surface area (Å²) >= 11 is 3.35.